The Morgan fingerprint density at radius 2 is 2.00 bits per heavy atom. The van der Waals surface area contributed by atoms with E-state index in [-0.39, 0.29) is 24.4 Å². The maximum Gasteiger partial charge on any atom is 0.258 e. The molecule has 2 aliphatic rings. The molecule has 0 aromatic heterocycles. The molecule has 2 aliphatic heterocycles. The number of halogens is 1. The molecule has 0 spiro atoms. The predicted molar refractivity (Wildman–Crippen MR) is 83.9 cm³/mol. The van der Waals surface area contributed by atoms with E-state index < -0.39 is 0 Å². The average Bonchev–Trinajstić information content (AvgIpc) is 3.04. The van der Waals surface area contributed by atoms with Crippen LogP contribution in [0.4, 0.5) is 4.39 Å². The third-order valence-electron chi connectivity index (χ3n) is 4.48. The molecule has 2 heterocycles. The average molecular weight is 322 g/mol. The van der Waals surface area contributed by atoms with E-state index in [2.05, 4.69) is 10.2 Å². The van der Waals surface area contributed by atoms with Gasteiger partial charge >= 0.3 is 0 Å². The second kappa shape index (κ2) is 7.75. The fourth-order valence-corrected chi connectivity index (χ4v) is 3.24. The van der Waals surface area contributed by atoms with Crippen LogP contribution >= 0.6 is 0 Å². The SMILES string of the molecule is O=C(COc1ccc(F)cc1)NC1CCN(C2CCOCC2)C1. The number of carbonyl (C=O) groups excluding carboxylic acids is 1. The van der Waals surface area contributed by atoms with Crippen molar-refractivity contribution in [3.8, 4) is 5.75 Å². The number of rotatable bonds is 5. The third kappa shape index (κ3) is 4.65. The van der Waals surface area contributed by atoms with Gasteiger partial charge in [-0.3, -0.25) is 9.69 Å². The zero-order valence-electron chi connectivity index (χ0n) is 13.2. The number of carbonyl (C=O) groups is 1. The van der Waals surface area contributed by atoms with Gasteiger partial charge in [0.15, 0.2) is 6.61 Å². The number of likely N-dealkylation sites (tertiary alicyclic amines) is 1. The van der Waals surface area contributed by atoms with Crippen molar-refractivity contribution in [3.05, 3.63) is 30.1 Å². The minimum atomic E-state index is -0.319. The molecule has 0 radical (unpaired) electrons. The van der Waals surface area contributed by atoms with Gasteiger partial charge in [-0.2, -0.15) is 0 Å². The molecule has 1 atom stereocenters. The van der Waals surface area contributed by atoms with E-state index in [1.165, 1.54) is 24.3 Å². The largest absolute Gasteiger partial charge is 0.484 e. The Bertz CT molecular complexity index is 517. The molecule has 23 heavy (non-hydrogen) atoms. The van der Waals surface area contributed by atoms with Crippen molar-refractivity contribution in [2.45, 2.75) is 31.3 Å². The van der Waals surface area contributed by atoms with Crippen molar-refractivity contribution < 1.29 is 18.7 Å². The Balaban J connectivity index is 1.39. The number of hydrogen-bond acceptors (Lipinski definition) is 4. The summed E-state index contributed by atoms with van der Waals surface area (Å²) in [5, 5.41) is 3.02. The molecule has 6 heteroatoms. The van der Waals surface area contributed by atoms with Crippen molar-refractivity contribution in [3.63, 3.8) is 0 Å². The maximum absolute atomic E-state index is 12.8. The van der Waals surface area contributed by atoms with Crippen LogP contribution in [0.25, 0.3) is 0 Å². The fourth-order valence-electron chi connectivity index (χ4n) is 3.24. The lowest BCUT2D eigenvalue weighted by Gasteiger charge is -2.31. The number of ether oxygens (including phenoxy) is 2. The van der Waals surface area contributed by atoms with Crippen LogP contribution in [0, 0.1) is 5.82 Å². The molecule has 5 nitrogen and oxygen atoms in total. The minimum absolute atomic E-state index is 0.0423. The van der Waals surface area contributed by atoms with Crippen LogP contribution in [0.1, 0.15) is 19.3 Å². The molecule has 2 fully saturated rings. The molecule has 1 unspecified atom stereocenters. The molecule has 1 aromatic carbocycles. The Labute approximate surface area is 135 Å². The van der Waals surface area contributed by atoms with Gasteiger partial charge in [-0.05, 0) is 43.5 Å². The van der Waals surface area contributed by atoms with Gasteiger partial charge in [0.05, 0.1) is 0 Å². The molecule has 1 amide bonds. The van der Waals surface area contributed by atoms with Crippen LogP contribution in [-0.2, 0) is 9.53 Å². The van der Waals surface area contributed by atoms with Crippen molar-refractivity contribution >= 4 is 5.91 Å². The monoisotopic (exact) mass is 322 g/mol. The second-order valence-corrected chi connectivity index (χ2v) is 6.13. The van der Waals surface area contributed by atoms with E-state index in [0.29, 0.717) is 11.8 Å². The lowest BCUT2D eigenvalue weighted by Crippen LogP contribution is -2.42. The molecule has 0 aliphatic carbocycles. The molecule has 126 valence electrons. The Hall–Kier alpha value is -1.66. The molecule has 3 rings (SSSR count). The van der Waals surface area contributed by atoms with Crippen molar-refractivity contribution in [1.82, 2.24) is 10.2 Å². The van der Waals surface area contributed by atoms with E-state index in [0.717, 1.165) is 45.6 Å². The van der Waals surface area contributed by atoms with Crippen LogP contribution in [0.5, 0.6) is 5.75 Å². The zero-order chi connectivity index (χ0) is 16.1. The Kier molecular flexibility index (Phi) is 5.46. The van der Waals surface area contributed by atoms with E-state index >= 15 is 0 Å². The Morgan fingerprint density at radius 1 is 1.26 bits per heavy atom. The van der Waals surface area contributed by atoms with Gasteiger partial charge in [-0.25, -0.2) is 4.39 Å². The van der Waals surface area contributed by atoms with Gasteiger partial charge in [0.1, 0.15) is 11.6 Å². The molecular formula is C17H23FN2O3. The van der Waals surface area contributed by atoms with Crippen molar-refractivity contribution in [2.24, 2.45) is 0 Å². The first-order chi connectivity index (χ1) is 11.2. The smallest absolute Gasteiger partial charge is 0.258 e. The lowest BCUT2D eigenvalue weighted by molar-refractivity contribution is -0.123. The number of nitrogens with one attached hydrogen (secondary N) is 1. The maximum atomic E-state index is 12.8. The van der Waals surface area contributed by atoms with Gasteiger partial charge in [0, 0.05) is 38.4 Å². The van der Waals surface area contributed by atoms with E-state index in [4.69, 9.17) is 9.47 Å². The van der Waals surface area contributed by atoms with Crippen LogP contribution in [0.15, 0.2) is 24.3 Å². The van der Waals surface area contributed by atoms with Crippen LogP contribution in [0.2, 0.25) is 0 Å². The molecular weight excluding hydrogens is 299 g/mol. The van der Waals surface area contributed by atoms with E-state index in [9.17, 15) is 9.18 Å². The summed E-state index contributed by atoms with van der Waals surface area (Å²) in [6, 6.07) is 6.44. The summed E-state index contributed by atoms with van der Waals surface area (Å²) >= 11 is 0. The lowest BCUT2D eigenvalue weighted by atomic mass is 10.1. The summed E-state index contributed by atoms with van der Waals surface area (Å²) in [6.45, 7) is 3.55. The quantitative estimate of drug-likeness (QED) is 0.894. The summed E-state index contributed by atoms with van der Waals surface area (Å²) in [4.78, 5) is 14.4. The number of amides is 1. The molecule has 1 aromatic rings. The standard InChI is InChI=1S/C17H23FN2O3/c18-13-1-3-16(4-2-13)23-12-17(21)19-14-5-8-20(11-14)15-6-9-22-10-7-15/h1-4,14-15H,5-12H2,(H,19,21). The highest BCUT2D eigenvalue weighted by molar-refractivity contribution is 5.77. The second-order valence-electron chi connectivity index (χ2n) is 6.13. The van der Waals surface area contributed by atoms with Crippen molar-refractivity contribution in [1.29, 1.82) is 0 Å². The van der Waals surface area contributed by atoms with Crippen LogP contribution in [-0.4, -0.2) is 55.8 Å². The fraction of sp³-hybridized carbons (Fsp3) is 0.588. The van der Waals surface area contributed by atoms with Crippen molar-refractivity contribution in [2.75, 3.05) is 32.9 Å². The third-order valence-corrected chi connectivity index (χ3v) is 4.48. The summed E-state index contributed by atoms with van der Waals surface area (Å²) in [6.07, 6.45) is 3.13. The van der Waals surface area contributed by atoms with Gasteiger partial charge in [0.25, 0.3) is 5.91 Å². The first-order valence-corrected chi connectivity index (χ1v) is 8.20. The highest BCUT2D eigenvalue weighted by atomic mass is 19.1. The predicted octanol–water partition coefficient (Wildman–Crippen LogP) is 1.57. The van der Waals surface area contributed by atoms with Gasteiger partial charge < -0.3 is 14.8 Å². The van der Waals surface area contributed by atoms with Gasteiger partial charge in [0.2, 0.25) is 0 Å². The normalized spacial score (nSPS) is 22.9. The summed E-state index contributed by atoms with van der Waals surface area (Å²) < 4.78 is 23.6. The number of benzene rings is 1. The van der Waals surface area contributed by atoms with Crippen LogP contribution in [0.3, 0.4) is 0 Å². The number of hydrogen-bond donors (Lipinski definition) is 1. The molecule has 1 N–H and O–H groups in total. The molecule has 0 bridgehead atoms. The highest BCUT2D eigenvalue weighted by Gasteiger charge is 2.30. The van der Waals surface area contributed by atoms with E-state index in [1.807, 2.05) is 0 Å². The summed E-state index contributed by atoms with van der Waals surface area (Å²) in [5.41, 5.74) is 0. The van der Waals surface area contributed by atoms with Crippen LogP contribution < -0.4 is 10.1 Å². The molecule has 0 saturated carbocycles. The first kappa shape index (κ1) is 16.2. The zero-order valence-corrected chi connectivity index (χ0v) is 13.2. The topological polar surface area (TPSA) is 50.8 Å². The summed E-state index contributed by atoms with van der Waals surface area (Å²) in [5.74, 6) is 0.0471. The minimum Gasteiger partial charge on any atom is -0.484 e. The van der Waals surface area contributed by atoms with E-state index in [1.54, 1.807) is 0 Å². The Morgan fingerprint density at radius 3 is 2.74 bits per heavy atom. The first-order valence-electron chi connectivity index (χ1n) is 8.20. The van der Waals surface area contributed by atoms with Gasteiger partial charge in [-0.1, -0.05) is 0 Å². The summed E-state index contributed by atoms with van der Waals surface area (Å²) in [7, 11) is 0. The van der Waals surface area contributed by atoms with Gasteiger partial charge in [-0.15, -0.1) is 0 Å². The highest BCUT2D eigenvalue weighted by Crippen LogP contribution is 2.20. The molecule has 2 saturated heterocycles. The number of nitrogens with zero attached hydrogens (tertiary/aromatic N) is 1.